The summed E-state index contributed by atoms with van der Waals surface area (Å²) in [5.41, 5.74) is 1.68. The summed E-state index contributed by atoms with van der Waals surface area (Å²) in [5, 5.41) is 0.963. The largest absolute Gasteiger partial charge is 0.346 e. The van der Waals surface area contributed by atoms with Gasteiger partial charge in [0, 0.05) is 31.8 Å². The lowest BCUT2D eigenvalue weighted by molar-refractivity contribution is -0.116. The number of hydrogen-bond donors (Lipinski definition) is 1. The number of amides is 1. The molecule has 0 aromatic carbocycles. The normalized spacial score (nSPS) is 10.4. The molecule has 2 heterocycles. The molecule has 0 radical (unpaired) electrons. The zero-order chi connectivity index (χ0) is 10.1. The van der Waals surface area contributed by atoms with Crippen LogP contribution in [0.3, 0.4) is 0 Å². The van der Waals surface area contributed by atoms with Gasteiger partial charge in [-0.1, -0.05) is 0 Å². The molecule has 4 heteroatoms. The van der Waals surface area contributed by atoms with Crippen LogP contribution in [0.1, 0.15) is 6.92 Å². The van der Waals surface area contributed by atoms with E-state index in [2.05, 4.69) is 9.97 Å². The number of carbonyl (C=O) groups is 1. The van der Waals surface area contributed by atoms with Crippen molar-refractivity contribution < 1.29 is 4.79 Å². The van der Waals surface area contributed by atoms with Crippen LogP contribution in [-0.4, -0.2) is 22.9 Å². The Kier molecular flexibility index (Phi) is 1.96. The molecule has 0 atom stereocenters. The van der Waals surface area contributed by atoms with Crippen LogP contribution in [-0.2, 0) is 4.79 Å². The van der Waals surface area contributed by atoms with Crippen molar-refractivity contribution in [1.29, 1.82) is 0 Å². The van der Waals surface area contributed by atoms with Gasteiger partial charge in [0.25, 0.3) is 0 Å². The third-order valence-corrected chi connectivity index (χ3v) is 2.27. The van der Waals surface area contributed by atoms with Crippen LogP contribution >= 0.6 is 0 Å². The van der Waals surface area contributed by atoms with Gasteiger partial charge in [0.15, 0.2) is 0 Å². The van der Waals surface area contributed by atoms with E-state index < -0.39 is 0 Å². The Labute approximate surface area is 81.6 Å². The van der Waals surface area contributed by atoms with Crippen LogP contribution in [0, 0.1) is 0 Å². The Morgan fingerprint density at radius 1 is 1.50 bits per heavy atom. The summed E-state index contributed by atoms with van der Waals surface area (Å²) in [4.78, 5) is 20.0. The Morgan fingerprint density at radius 2 is 2.29 bits per heavy atom. The monoisotopic (exact) mass is 189 g/mol. The second-order valence-electron chi connectivity index (χ2n) is 3.15. The van der Waals surface area contributed by atoms with E-state index in [0.717, 1.165) is 16.7 Å². The van der Waals surface area contributed by atoms with Gasteiger partial charge in [0.1, 0.15) is 5.65 Å². The van der Waals surface area contributed by atoms with E-state index in [1.807, 2.05) is 18.3 Å². The van der Waals surface area contributed by atoms with Crippen molar-refractivity contribution in [2.75, 3.05) is 11.9 Å². The molecule has 0 saturated carbocycles. The van der Waals surface area contributed by atoms with Crippen LogP contribution < -0.4 is 4.90 Å². The zero-order valence-corrected chi connectivity index (χ0v) is 8.11. The minimum absolute atomic E-state index is 0.0127. The smallest absolute Gasteiger partial charge is 0.223 e. The minimum Gasteiger partial charge on any atom is -0.346 e. The zero-order valence-electron chi connectivity index (χ0n) is 8.11. The highest BCUT2D eigenvalue weighted by molar-refractivity contribution is 6.00. The maximum Gasteiger partial charge on any atom is 0.223 e. The maximum absolute atomic E-state index is 11.2. The molecule has 0 aliphatic heterocycles. The van der Waals surface area contributed by atoms with Gasteiger partial charge in [-0.3, -0.25) is 4.79 Å². The van der Waals surface area contributed by atoms with E-state index in [0.29, 0.717) is 0 Å². The summed E-state index contributed by atoms with van der Waals surface area (Å²) < 4.78 is 0. The van der Waals surface area contributed by atoms with Crippen LogP contribution in [0.2, 0.25) is 0 Å². The van der Waals surface area contributed by atoms with Gasteiger partial charge in [-0.25, -0.2) is 4.98 Å². The van der Waals surface area contributed by atoms with Crippen molar-refractivity contribution in [3.05, 3.63) is 24.5 Å². The van der Waals surface area contributed by atoms with Crippen molar-refractivity contribution >= 4 is 22.6 Å². The average molecular weight is 189 g/mol. The fourth-order valence-electron chi connectivity index (χ4n) is 1.41. The molecule has 0 bridgehead atoms. The first-order valence-corrected chi connectivity index (χ1v) is 4.36. The molecule has 0 spiro atoms. The fraction of sp³-hybridized carbons (Fsp3) is 0.200. The summed E-state index contributed by atoms with van der Waals surface area (Å²) in [5.74, 6) is 0.0127. The number of nitrogens with one attached hydrogen (secondary N) is 1. The predicted molar refractivity (Wildman–Crippen MR) is 55.2 cm³/mol. The number of anilines is 1. The maximum atomic E-state index is 11.2. The van der Waals surface area contributed by atoms with Gasteiger partial charge in [-0.15, -0.1) is 0 Å². The molecule has 0 fully saturated rings. The molecule has 2 aromatic rings. The van der Waals surface area contributed by atoms with Gasteiger partial charge in [-0.2, -0.15) is 0 Å². The van der Waals surface area contributed by atoms with E-state index in [1.165, 1.54) is 0 Å². The highest BCUT2D eigenvalue weighted by Gasteiger charge is 2.09. The first kappa shape index (κ1) is 8.74. The number of fused-ring (bicyclic) bond motifs is 1. The molecule has 14 heavy (non-hydrogen) atoms. The number of rotatable bonds is 1. The SMILES string of the molecule is CC(=O)N(C)c1ccnc2[nH]ccc12. The minimum atomic E-state index is 0.0127. The number of nitrogens with zero attached hydrogens (tertiary/aromatic N) is 2. The molecule has 1 N–H and O–H groups in total. The van der Waals surface area contributed by atoms with Crippen molar-refractivity contribution in [2.24, 2.45) is 0 Å². The molecular formula is C10H11N3O. The first-order chi connectivity index (χ1) is 6.70. The molecule has 0 aliphatic carbocycles. The molecule has 0 unspecified atom stereocenters. The average Bonchev–Trinajstić information content (AvgIpc) is 2.63. The summed E-state index contributed by atoms with van der Waals surface area (Å²) >= 11 is 0. The third-order valence-electron chi connectivity index (χ3n) is 2.27. The van der Waals surface area contributed by atoms with Gasteiger partial charge < -0.3 is 9.88 Å². The standard InChI is InChI=1S/C10H11N3O/c1-7(14)13(2)9-4-6-12-10-8(9)3-5-11-10/h3-6H,1-2H3,(H,11,12). The van der Waals surface area contributed by atoms with Crippen molar-refractivity contribution in [3.8, 4) is 0 Å². The molecule has 72 valence electrons. The van der Waals surface area contributed by atoms with Gasteiger partial charge in [0.05, 0.1) is 5.69 Å². The highest BCUT2D eigenvalue weighted by atomic mass is 16.2. The number of hydrogen-bond acceptors (Lipinski definition) is 2. The Morgan fingerprint density at radius 3 is 3.00 bits per heavy atom. The summed E-state index contributed by atoms with van der Waals surface area (Å²) in [7, 11) is 1.75. The molecular weight excluding hydrogens is 178 g/mol. The second kappa shape index (κ2) is 3.14. The topological polar surface area (TPSA) is 49.0 Å². The van der Waals surface area contributed by atoms with E-state index in [-0.39, 0.29) is 5.91 Å². The number of carbonyl (C=O) groups excluding carboxylic acids is 1. The summed E-state index contributed by atoms with van der Waals surface area (Å²) in [6.45, 7) is 1.54. The van der Waals surface area contributed by atoms with E-state index in [4.69, 9.17) is 0 Å². The Bertz CT molecular complexity index is 475. The van der Waals surface area contributed by atoms with Crippen LogP contribution in [0.4, 0.5) is 5.69 Å². The highest BCUT2D eigenvalue weighted by Crippen LogP contribution is 2.23. The van der Waals surface area contributed by atoms with Gasteiger partial charge in [-0.05, 0) is 12.1 Å². The number of pyridine rings is 1. The van der Waals surface area contributed by atoms with Crippen LogP contribution in [0.15, 0.2) is 24.5 Å². The first-order valence-electron chi connectivity index (χ1n) is 4.36. The molecule has 2 rings (SSSR count). The van der Waals surface area contributed by atoms with Crippen molar-refractivity contribution in [3.63, 3.8) is 0 Å². The third kappa shape index (κ3) is 1.25. The Hall–Kier alpha value is -1.84. The van der Waals surface area contributed by atoms with E-state index >= 15 is 0 Å². The van der Waals surface area contributed by atoms with Crippen LogP contribution in [0.5, 0.6) is 0 Å². The predicted octanol–water partition coefficient (Wildman–Crippen LogP) is 1.55. The van der Waals surface area contributed by atoms with Gasteiger partial charge >= 0.3 is 0 Å². The quantitative estimate of drug-likeness (QED) is 0.739. The van der Waals surface area contributed by atoms with Crippen molar-refractivity contribution in [1.82, 2.24) is 9.97 Å². The van der Waals surface area contributed by atoms with Crippen LogP contribution in [0.25, 0.3) is 11.0 Å². The summed E-state index contributed by atoms with van der Waals surface area (Å²) in [6.07, 6.45) is 3.50. The van der Waals surface area contributed by atoms with Gasteiger partial charge in [0.2, 0.25) is 5.91 Å². The molecule has 1 amide bonds. The molecule has 0 saturated heterocycles. The molecule has 4 nitrogen and oxygen atoms in total. The second-order valence-corrected chi connectivity index (χ2v) is 3.15. The summed E-state index contributed by atoms with van der Waals surface area (Å²) in [6, 6.07) is 3.74. The van der Waals surface area contributed by atoms with E-state index in [9.17, 15) is 4.79 Å². The lowest BCUT2D eigenvalue weighted by Gasteiger charge is -2.15. The Balaban J connectivity index is 2.61. The number of aromatic nitrogens is 2. The lowest BCUT2D eigenvalue weighted by atomic mass is 10.2. The molecule has 2 aromatic heterocycles. The van der Waals surface area contributed by atoms with E-state index in [1.54, 1.807) is 25.1 Å². The number of H-pyrrole nitrogens is 1. The van der Waals surface area contributed by atoms with Crippen molar-refractivity contribution in [2.45, 2.75) is 6.92 Å². The molecule has 0 aliphatic rings. The lowest BCUT2D eigenvalue weighted by Crippen LogP contribution is -2.22. The fourth-order valence-corrected chi connectivity index (χ4v) is 1.41. The number of aromatic amines is 1.